The fourth-order valence-corrected chi connectivity index (χ4v) is 1.55. The van der Waals surface area contributed by atoms with E-state index in [9.17, 15) is 13.2 Å². The van der Waals surface area contributed by atoms with Crippen LogP contribution in [0, 0.1) is 6.92 Å². The van der Waals surface area contributed by atoms with Crippen LogP contribution in [0.4, 0.5) is 13.2 Å². The summed E-state index contributed by atoms with van der Waals surface area (Å²) in [4.78, 5) is 0. The molecule has 1 aromatic carbocycles. The zero-order chi connectivity index (χ0) is 11.8. The standard InChI is InChI=1S/C9H7Cl2F3O/c1-4-2-5(7(11)3-6(4)10)8(15)9(12,13)14/h2-3,8,15H,1H3. The molecular weight excluding hydrogens is 252 g/mol. The lowest BCUT2D eigenvalue weighted by molar-refractivity contribution is -0.206. The molecule has 1 rings (SSSR count). The lowest BCUT2D eigenvalue weighted by atomic mass is 10.1. The lowest BCUT2D eigenvalue weighted by Crippen LogP contribution is -2.20. The summed E-state index contributed by atoms with van der Waals surface area (Å²) in [6.45, 7) is 1.53. The van der Waals surface area contributed by atoms with Gasteiger partial charge in [0.15, 0.2) is 6.10 Å². The third kappa shape index (κ3) is 2.77. The molecule has 0 aliphatic heterocycles. The van der Waals surface area contributed by atoms with Crippen LogP contribution in [0.1, 0.15) is 17.2 Å². The topological polar surface area (TPSA) is 20.2 Å². The lowest BCUT2D eigenvalue weighted by Gasteiger charge is -2.17. The van der Waals surface area contributed by atoms with Crippen molar-refractivity contribution in [2.24, 2.45) is 0 Å². The summed E-state index contributed by atoms with van der Waals surface area (Å²) < 4.78 is 36.6. The van der Waals surface area contributed by atoms with Crippen LogP contribution >= 0.6 is 23.2 Å². The van der Waals surface area contributed by atoms with Crippen LogP contribution in [0.25, 0.3) is 0 Å². The van der Waals surface area contributed by atoms with Gasteiger partial charge in [0.2, 0.25) is 0 Å². The number of alkyl halides is 3. The second kappa shape index (κ2) is 4.20. The van der Waals surface area contributed by atoms with Crippen molar-refractivity contribution in [3.63, 3.8) is 0 Å². The molecule has 0 radical (unpaired) electrons. The van der Waals surface area contributed by atoms with Crippen molar-refractivity contribution >= 4 is 23.2 Å². The van der Waals surface area contributed by atoms with Gasteiger partial charge in [-0.15, -0.1) is 0 Å². The third-order valence-corrected chi connectivity index (χ3v) is 2.62. The molecule has 1 atom stereocenters. The zero-order valence-electron chi connectivity index (χ0n) is 7.57. The molecule has 1 N–H and O–H groups in total. The molecule has 1 unspecified atom stereocenters. The maximum Gasteiger partial charge on any atom is 0.418 e. The first-order chi connectivity index (χ1) is 6.73. The number of hydrogen-bond acceptors (Lipinski definition) is 1. The summed E-state index contributed by atoms with van der Waals surface area (Å²) >= 11 is 11.2. The molecule has 0 heterocycles. The van der Waals surface area contributed by atoms with E-state index >= 15 is 0 Å². The number of aryl methyl sites for hydroxylation is 1. The first-order valence-corrected chi connectivity index (χ1v) is 4.69. The van der Waals surface area contributed by atoms with Crippen LogP contribution in [0.15, 0.2) is 12.1 Å². The molecule has 0 amide bonds. The minimum Gasteiger partial charge on any atom is -0.379 e. The highest BCUT2D eigenvalue weighted by atomic mass is 35.5. The molecule has 0 bridgehead atoms. The van der Waals surface area contributed by atoms with Gasteiger partial charge in [0, 0.05) is 15.6 Å². The van der Waals surface area contributed by atoms with Gasteiger partial charge >= 0.3 is 6.18 Å². The Morgan fingerprint density at radius 2 is 1.73 bits per heavy atom. The Morgan fingerprint density at radius 1 is 1.20 bits per heavy atom. The number of halogens is 5. The summed E-state index contributed by atoms with van der Waals surface area (Å²) in [7, 11) is 0. The van der Waals surface area contributed by atoms with E-state index in [-0.39, 0.29) is 15.6 Å². The first kappa shape index (κ1) is 12.6. The number of benzene rings is 1. The Kier molecular flexibility index (Phi) is 3.53. The Bertz CT molecular complexity index is 376. The summed E-state index contributed by atoms with van der Waals surface area (Å²) in [5.41, 5.74) is 0.0467. The maximum atomic E-state index is 12.2. The molecule has 0 spiro atoms. The highest BCUT2D eigenvalue weighted by Crippen LogP contribution is 2.37. The second-order valence-corrected chi connectivity index (χ2v) is 3.88. The molecule has 6 heteroatoms. The summed E-state index contributed by atoms with van der Waals surface area (Å²) in [6, 6.07) is 2.31. The number of aliphatic hydroxyl groups is 1. The SMILES string of the molecule is Cc1cc(C(O)C(F)(F)F)c(Cl)cc1Cl. The molecule has 1 aromatic rings. The first-order valence-electron chi connectivity index (χ1n) is 3.94. The van der Waals surface area contributed by atoms with Crippen LogP contribution in [0.5, 0.6) is 0 Å². The molecule has 0 aliphatic carbocycles. The predicted molar refractivity (Wildman–Crippen MR) is 52.2 cm³/mol. The van der Waals surface area contributed by atoms with Gasteiger partial charge in [0.25, 0.3) is 0 Å². The van der Waals surface area contributed by atoms with Crippen LogP contribution in [0.2, 0.25) is 10.0 Å². The van der Waals surface area contributed by atoms with E-state index in [0.717, 1.165) is 6.07 Å². The summed E-state index contributed by atoms with van der Waals surface area (Å²) in [5, 5.41) is 9.06. The van der Waals surface area contributed by atoms with Crippen LogP contribution in [0.3, 0.4) is 0 Å². The minimum atomic E-state index is -4.73. The maximum absolute atomic E-state index is 12.2. The molecule has 1 nitrogen and oxygen atoms in total. The van der Waals surface area contributed by atoms with Gasteiger partial charge in [-0.05, 0) is 18.6 Å². The number of aliphatic hydroxyl groups excluding tert-OH is 1. The molecule has 0 saturated carbocycles. The molecule has 15 heavy (non-hydrogen) atoms. The van der Waals surface area contributed by atoms with Gasteiger partial charge in [-0.25, -0.2) is 0 Å². The van der Waals surface area contributed by atoms with Crippen molar-refractivity contribution in [1.82, 2.24) is 0 Å². The van der Waals surface area contributed by atoms with Gasteiger partial charge in [-0.3, -0.25) is 0 Å². The van der Waals surface area contributed by atoms with Crippen molar-refractivity contribution in [2.75, 3.05) is 0 Å². The van der Waals surface area contributed by atoms with Gasteiger partial charge in [-0.1, -0.05) is 29.3 Å². The largest absolute Gasteiger partial charge is 0.418 e. The van der Waals surface area contributed by atoms with Crippen molar-refractivity contribution in [1.29, 1.82) is 0 Å². The third-order valence-electron chi connectivity index (χ3n) is 1.88. The normalized spacial score (nSPS) is 14.1. The van der Waals surface area contributed by atoms with Crippen LogP contribution < -0.4 is 0 Å². The van der Waals surface area contributed by atoms with E-state index in [0.29, 0.717) is 5.56 Å². The molecule has 84 valence electrons. The van der Waals surface area contributed by atoms with E-state index in [1.54, 1.807) is 0 Å². The monoisotopic (exact) mass is 258 g/mol. The highest BCUT2D eigenvalue weighted by Gasteiger charge is 2.40. The van der Waals surface area contributed by atoms with Crippen LogP contribution in [-0.2, 0) is 0 Å². The van der Waals surface area contributed by atoms with Crippen molar-refractivity contribution in [2.45, 2.75) is 19.2 Å². The number of hydrogen-bond donors (Lipinski definition) is 1. The Balaban J connectivity index is 3.21. The fraction of sp³-hybridized carbons (Fsp3) is 0.333. The quantitative estimate of drug-likeness (QED) is 0.810. The average molecular weight is 259 g/mol. The van der Waals surface area contributed by atoms with Gasteiger partial charge in [0.05, 0.1) is 0 Å². The van der Waals surface area contributed by atoms with Crippen molar-refractivity contribution < 1.29 is 18.3 Å². The highest BCUT2D eigenvalue weighted by molar-refractivity contribution is 6.35. The zero-order valence-corrected chi connectivity index (χ0v) is 9.08. The molecular formula is C9H7Cl2F3O. The van der Waals surface area contributed by atoms with E-state index < -0.39 is 12.3 Å². The van der Waals surface area contributed by atoms with Crippen molar-refractivity contribution in [3.05, 3.63) is 33.3 Å². The molecule has 0 saturated heterocycles. The van der Waals surface area contributed by atoms with Gasteiger partial charge in [0.1, 0.15) is 0 Å². The second-order valence-electron chi connectivity index (χ2n) is 3.07. The van der Waals surface area contributed by atoms with E-state index in [1.165, 1.54) is 13.0 Å². The van der Waals surface area contributed by atoms with E-state index in [2.05, 4.69) is 0 Å². The summed E-state index contributed by atoms with van der Waals surface area (Å²) in [6.07, 6.45) is -7.31. The van der Waals surface area contributed by atoms with Crippen LogP contribution in [-0.4, -0.2) is 11.3 Å². The predicted octanol–water partition coefficient (Wildman–Crippen LogP) is 3.90. The molecule has 0 fully saturated rings. The smallest absolute Gasteiger partial charge is 0.379 e. The Hall–Kier alpha value is -0.450. The Labute approximate surface area is 94.4 Å². The molecule has 0 aromatic heterocycles. The summed E-state index contributed by atoms with van der Waals surface area (Å²) in [5.74, 6) is 0. The van der Waals surface area contributed by atoms with E-state index in [4.69, 9.17) is 28.3 Å². The Morgan fingerprint density at radius 3 is 2.20 bits per heavy atom. The number of rotatable bonds is 1. The van der Waals surface area contributed by atoms with E-state index in [1.807, 2.05) is 0 Å². The average Bonchev–Trinajstić information content (AvgIpc) is 2.08. The molecule has 0 aliphatic rings. The van der Waals surface area contributed by atoms with Gasteiger partial charge in [-0.2, -0.15) is 13.2 Å². The van der Waals surface area contributed by atoms with Crippen molar-refractivity contribution in [3.8, 4) is 0 Å². The van der Waals surface area contributed by atoms with Gasteiger partial charge < -0.3 is 5.11 Å². The minimum absolute atomic E-state index is 0.199. The fourth-order valence-electron chi connectivity index (χ4n) is 1.07.